The van der Waals surface area contributed by atoms with E-state index in [2.05, 4.69) is 10.2 Å². The van der Waals surface area contributed by atoms with E-state index in [-0.39, 0.29) is 23.9 Å². The number of nitrogens with one attached hydrogen (secondary N) is 1. The zero-order valence-corrected chi connectivity index (χ0v) is 14.5. The molecule has 1 aliphatic heterocycles. The number of aromatic nitrogens is 2. The summed E-state index contributed by atoms with van der Waals surface area (Å²) in [5, 5.41) is 6.71. The number of benzene rings is 1. The molecule has 1 fully saturated rings. The zero-order valence-electron chi connectivity index (χ0n) is 13.7. The van der Waals surface area contributed by atoms with Gasteiger partial charge in [0.2, 0.25) is 10.0 Å². The number of carbonyl (C=O) groups is 1. The van der Waals surface area contributed by atoms with Gasteiger partial charge in [0, 0.05) is 31.9 Å². The highest BCUT2D eigenvalue weighted by Crippen LogP contribution is 2.18. The molecule has 7 nitrogen and oxygen atoms in total. The second-order valence-electron chi connectivity index (χ2n) is 5.95. The van der Waals surface area contributed by atoms with Crippen molar-refractivity contribution in [1.82, 2.24) is 19.4 Å². The van der Waals surface area contributed by atoms with Crippen LogP contribution in [0.5, 0.6) is 0 Å². The second kappa shape index (κ2) is 6.37. The van der Waals surface area contributed by atoms with Crippen LogP contribution in [-0.2, 0) is 10.0 Å². The summed E-state index contributed by atoms with van der Waals surface area (Å²) in [5.74, 6) is -0.174. The number of amides is 1. The smallest absolute Gasteiger partial charge is 0.274 e. The minimum absolute atomic E-state index is 0.174. The topological polar surface area (TPSA) is 86.4 Å². The molecule has 0 aliphatic carbocycles. The predicted octanol–water partition coefficient (Wildman–Crippen LogP) is 1.17. The molecular weight excluding hydrogens is 328 g/mol. The first-order valence-electron chi connectivity index (χ1n) is 7.76. The number of hydrogen-bond donors (Lipinski definition) is 1. The molecule has 0 unspecified atom stereocenters. The van der Waals surface area contributed by atoms with Crippen molar-refractivity contribution in [3.63, 3.8) is 0 Å². The van der Waals surface area contributed by atoms with Crippen molar-refractivity contribution in [2.45, 2.75) is 18.7 Å². The van der Waals surface area contributed by atoms with Gasteiger partial charge in [-0.1, -0.05) is 17.7 Å². The first-order valence-corrected chi connectivity index (χ1v) is 9.20. The van der Waals surface area contributed by atoms with Crippen molar-refractivity contribution < 1.29 is 13.2 Å². The van der Waals surface area contributed by atoms with Crippen LogP contribution in [0.2, 0.25) is 0 Å². The SMILES string of the molecule is Cc1ccc(S(=O)(=O)N2CCN(C(=O)c3cc(C)[nH]n3)CC2)cc1. The minimum atomic E-state index is -3.51. The lowest BCUT2D eigenvalue weighted by molar-refractivity contribution is 0.0692. The lowest BCUT2D eigenvalue weighted by Crippen LogP contribution is -2.50. The normalized spacial score (nSPS) is 16.3. The molecule has 3 rings (SSSR count). The fraction of sp³-hybridized carbons (Fsp3) is 0.375. The van der Waals surface area contributed by atoms with E-state index in [1.165, 1.54) is 4.31 Å². The Morgan fingerprint density at radius 1 is 1.08 bits per heavy atom. The first-order chi connectivity index (χ1) is 11.4. The van der Waals surface area contributed by atoms with Gasteiger partial charge in [0.05, 0.1) is 4.90 Å². The molecule has 0 radical (unpaired) electrons. The highest BCUT2D eigenvalue weighted by atomic mass is 32.2. The van der Waals surface area contributed by atoms with Gasteiger partial charge in [0.25, 0.3) is 5.91 Å². The van der Waals surface area contributed by atoms with E-state index in [1.807, 2.05) is 13.8 Å². The number of H-pyrrole nitrogens is 1. The Kier molecular flexibility index (Phi) is 4.42. The van der Waals surface area contributed by atoms with Crippen molar-refractivity contribution in [1.29, 1.82) is 0 Å². The molecule has 2 aromatic rings. The molecule has 1 aromatic carbocycles. The molecule has 1 aliphatic rings. The van der Waals surface area contributed by atoms with E-state index in [9.17, 15) is 13.2 Å². The third-order valence-corrected chi connectivity index (χ3v) is 6.02. The Balaban J connectivity index is 1.68. The van der Waals surface area contributed by atoms with E-state index in [0.29, 0.717) is 18.8 Å². The molecule has 8 heteroatoms. The van der Waals surface area contributed by atoms with Crippen LogP contribution in [0.4, 0.5) is 0 Å². The molecule has 0 bridgehead atoms. The van der Waals surface area contributed by atoms with Crippen molar-refractivity contribution in [3.05, 3.63) is 47.3 Å². The minimum Gasteiger partial charge on any atom is -0.335 e. The van der Waals surface area contributed by atoms with Crippen LogP contribution in [0.1, 0.15) is 21.7 Å². The molecule has 24 heavy (non-hydrogen) atoms. The van der Waals surface area contributed by atoms with Crippen LogP contribution in [0.15, 0.2) is 35.2 Å². The lowest BCUT2D eigenvalue weighted by atomic mass is 10.2. The Morgan fingerprint density at radius 2 is 1.71 bits per heavy atom. The first kappa shape index (κ1) is 16.7. The molecule has 0 saturated carbocycles. The van der Waals surface area contributed by atoms with E-state index < -0.39 is 10.0 Å². The molecule has 128 valence electrons. The highest BCUT2D eigenvalue weighted by Gasteiger charge is 2.30. The van der Waals surface area contributed by atoms with Crippen LogP contribution in [0, 0.1) is 13.8 Å². The van der Waals surface area contributed by atoms with Gasteiger partial charge in [-0.05, 0) is 32.0 Å². The van der Waals surface area contributed by atoms with Crippen LogP contribution in [0.3, 0.4) is 0 Å². The van der Waals surface area contributed by atoms with E-state index in [4.69, 9.17) is 0 Å². The zero-order chi connectivity index (χ0) is 17.3. The maximum absolute atomic E-state index is 12.7. The van der Waals surface area contributed by atoms with E-state index in [0.717, 1.165) is 11.3 Å². The number of aromatic amines is 1. The van der Waals surface area contributed by atoms with Crippen molar-refractivity contribution in [2.75, 3.05) is 26.2 Å². The Bertz CT molecular complexity index is 834. The molecule has 2 heterocycles. The molecule has 1 amide bonds. The van der Waals surface area contributed by atoms with Crippen molar-refractivity contribution in [3.8, 4) is 0 Å². The number of piperazine rings is 1. The summed E-state index contributed by atoms with van der Waals surface area (Å²) in [5.41, 5.74) is 2.19. The third kappa shape index (κ3) is 3.20. The summed E-state index contributed by atoms with van der Waals surface area (Å²) in [7, 11) is -3.51. The fourth-order valence-corrected chi connectivity index (χ4v) is 4.10. The maximum atomic E-state index is 12.7. The quantitative estimate of drug-likeness (QED) is 0.902. The number of hydrogen-bond acceptors (Lipinski definition) is 4. The largest absolute Gasteiger partial charge is 0.335 e. The summed E-state index contributed by atoms with van der Waals surface area (Å²) in [4.78, 5) is 14.3. The molecule has 1 aromatic heterocycles. The monoisotopic (exact) mass is 348 g/mol. The average Bonchev–Trinajstić information content (AvgIpc) is 3.01. The summed E-state index contributed by atoms with van der Waals surface area (Å²) in [6.07, 6.45) is 0. The number of sulfonamides is 1. The van der Waals surface area contributed by atoms with Gasteiger partial charge in [0.1, 0.15) is 5.69 Å². The maximum Gasteiger partial charge on any atom is 0.274 e. The third-order valence-electron chi connectivity index (χ3n) is 4.11. The highest BCUT2D eigenvalue weighted by molar-refractivity contribution is 7.89. The summed E-state index contributed by atoms with van der Waals surface area (Å²) in [6, 6.07) is 8.50. The standard InChI is InChI=1S/C16H20N4O3S/c1-12-3-5-14(6-4-12)24(22,23)20-9-7-19(8-10-20)16(21)15-11-13(2)17-18-15/h3-6,11H,7-10H2,1-2H3,(H,17,18). The molecule has 0 spiro atoms. The molecule has 1 saturated heterocycles. The van der Waals surface area contributed by atoms with Crippen LogP contribution >= 0.6 is 0 Å². The van der Waals surface area contributed by atoms with Gasteiger partial charge in [-0.3, -0.25) is 9.89 Å². The van der Waals surface area contributed by atoms with Crippen molar-refractivity contribution >= 4 is 15.9 Å². The summed E-state index contributed by atoms with van der Waals surface area (Å²) < 4.78 is 26.7. The number of carbonyl (C=O) groups excluding carboxylic acids is 1. The van der Waals surface area contributed by atoms with Gasteiger partial charge >= 0.3 is 0 Å². The van der Waals surface area contributed by atoms with Crippen LogP contribution in [0.25, 0.3) is 0 Å². The predicted molar refractivity (Wildman–Crippen MR) is 89.2 cm³/mol. The van der Waals surface area contributed by atoms with E-state index >= 15 is 0 Å². The number of rotatable bonds is 3. The summed E-state index contributed by atoms with van der Waals surface area (Å²) >= 11 is 0. The summed E-state index contributed by atoms with van der Waals surface area (Å²) in [6.45, 7) is 5.02. The Hall–Kier alpha value is -2.19. The van der Waals surface area contributed by atoms with Gasteiger partial charge in [-0.25, -0.2) is 8.42 Å². The van der Waals surface area contributed by atoms with Gasteiger partial charge in [-0.15, -0.1) is 0 Å². The van der Waals surface area contributed by atoms with Gasteiger partial charge < -0.3 is 4.90 Å². The lowest BCUT2D eigenvalue weighted by Gasteiger charge is -2.33. The Labute approximate surface area is 141 Å². The molecular formula is C16H20N4O3S. The number of nitrogens with zero attached hydrogens (tertiary/aromatic N) is 3. The average molecular weight is 348 g/mol. The number of aryl methyl sites for hydroxylation is 2. The van der Waals surface area contributed by atoms with Crippen LogP contribution < -0.4 is 0 Å². The van der Waals surface area contributed by atoms with E-state index in [1.54, 1.807) is 35.2 Å². The second-order valence-corrected chi connectivity index (χ2v) is 7.88. The van der Waals surface area contributed by atoms with Crippen LogP contribution in [-0.4, -0.2) is 59.9 Å². The Morgan fingerprint density at radius 3 is 2.25 bits per heavy atom. The molecule has 1 N–H and O–H groups in total. The van der Waals surface area contributed by atoms with Crippen molar-refractivity contribution in [2.24, 2.45) is 0 Å². The van der Waals surface area contributed by atoms with Gasteiger partial charge in [-0.2, -0.15) is 9.40 Å². The van der Waals surface area contributed by atoms with Gasteiger partial charge in [0.15, 0.2) is 0 Å². The fourth-order valence-electron chi connectivity index (χ4n) is 2.68. The molecule has 0 atom stereocenters.